The van der Waals surface area contributed by atoms with Crippen molar-refractivity contribution in [2.75, 3.05) is 18.4 Å². The Balaban J connectivity index is 1.66. The van der Waals surface area contributed by atoms with Crippen LogP contribution < -0.4 is 15.4 Å². The molecule has 0 aliphatic rings. The highest BCUT2D eigenvalue weighted by Crippen LogP contribution is 2.18. The molecular formula is C22H30N2O2. The molecule has 2 aromatic carbocycles. The number of nitrogens with one attached hydrogen (secondary N) is 2. The van der Waals surface area contributed by atoms with Crippen molar-refractivity contribution in [1.82, 2.24) is 5.32 Å². The Labute approximate surface area is 157 Å². The standard InChI is InChI=1S/C22H30N2O2/c1-2-3-4-5-9-15-23-22(25)17-24-20-13-10-14-21(16-20)26-18-19-11-7-6-8-12-19/h6-8,10-14,16,24H,2-5,9,15,17-18H2,1H3,(H,23,25). The van der Waals surface area contributed by atoms with E-state index >= 15 is 0 Å². The van der Waals surface area contributed by atoms with Gasteiger partial charge in [-0.1, -0.05) is 69.0 Å². The summed E-state index contributed by atoms with van der Waals surface area (Å²) < 4.78 is 5.81. The molecular weight excluding hydrogens is 324 g/mol. The average molecular weight is 354 g/mol. The molecule has 0 bridgehead atoms. The number of carbonyl (C=O) groups is 1. The molecule has 0 heterocycles. The van der Waals surface area contributed by atoms with Gasteiger partial charge in [-0.05, 0) is 24.1 Å². The molecule has 2 N–H and O–H groups in total. The first-order valence-corrected chi connectivity index (χ1v) is 9.55. The van der Waals surface area contributed by atoms with Crippen molar-refractivity contribution in [1.29, 1.82) is 0 Å². The topological polar surface area (TPSA) is 50.4 Å². The first-order valence-electron chi connectivity index (χ1n) is 9.55. The van der Waals surface area contributed by atoms with Gasteiger partial charge in [0.25, 0.3) is 0 Å². The van der Waals surface area contributed by atoms with E-state index in [-0.39, 0.29) is 12.5 Å². The number of hydrogen-bond donors (Lipinski definition) is 2. The molecule has 0 spiro atoms. The lowest BCUT2D eigenvalue weighted by atomic mass is 10.1. The summed E-state index contributed by atoms with van der Waals surface area (Å²) in [6.45, 7) is 3.76. The molecule has 0 saturated heterocycles. The molecule has 1 amide bonds. The smallest absolute Gasteiger partial charge is 0.239 e. The van der Waals surface area contributed by atoms with Crippen LogP contribution in [0.25, 0.3) is 0 Å². The van der Waals surface area contributed by atoms with Gasteiger partial charge in [0.1, 0.15) is 12.4 Å². The number of anilines is 1. The van der Waals surface area contributed by atoms with E-state index in [1.54, 1.807) is 0 Å². The summed E-state index contributed by atoms with van der Waals surface area (Å²) in [5.74, 6) is 0.811. The van der Waals surface area contributed by atoms with Crippen LogP contribution in [0.4, 0.5) is 5.69 Å². The van der Waals surface area contributed by atoms with E-state index in [2.05, 4.69) is 17.6 Å². The zero-order valence-electron chi connectivity index (χ0n) is 15.7. The zero-order chi connectivity index (χ0) is 18.5. The molecule has 2 rings (SSSR count). The van der Waals surface area contributed by atoms with E-state index in [9.17, 15) is 4.79 Å². The van der Waals surface area contributed by atoms with E-state index in [0.29, 0.717) is 6.61 Å². The number of rotatable bonds is 12. The summed E-state index contributed by atoms with van der Waals surface area (Å²) in [6, 6.07) is 17.8. The van der Waals surface area contributed by atoms with Crippen molar-refractivity contribution in [2.45, 2.75) is 45.6 Å². The normalized spacial score (nSPS) is 10.3. The third-order valence-electron chi connectivity index (χ3n) is 4.14. The van der Waals surface area contributed by atoms with Gasteiger partial charge in [0.15, 0.2) is 0 Å². The van der Waals surface area contributed by atoms with Gasteiger partial charge in [0.05, 0.1) is 6.54 Å². The molecule has 2 aromatic rings. The molecule has 4 nitrogen and oxygen atoms in total. The minimum Gasteiger partial charge on any atom is -0.489 e. The fraction of sp³-hybridized carbons (Fsp3) is 0.409. The summed E-state index contributed by atoms with van der Waals surface area (Å²) in [6.07, 6.45) is 6.00. The number of benzene rings is 2. The predicted octanol–water partition coefficient (Wildman–Crippen LogP) is 4.76. The Morgan fingerprint density at radius 3 is 2.58 bits per heavy atom. The lowest BCUT2D eigenvalue weighted by Gasteiger charge is -2.10. The fourth-order valence-electron chi connectivity index (χ4n) is 2.64. The van der Waals surface area contributed by atoms with Gasteiger partial charge in [-0.15, -0.1) is 0 Å². The molecule has 0 saturated carbocycles. The zero-order valence-corrected chi connectivity index (χ0v) is 15.7. The Bertz CT molecular complexity index is 644. The third-order valence-corrected chi connectivity index (χ3v) is 4.14. The molecule has 0 aliphatic heterocycles. The van der Waals surface area contributed by atoms with Gasteiger partial charge < -0.3 is 15.4 Å². The van der Waals surface area contributed by atoms with Crippen LogP contribution in [-0.4, -0.2) is 19.0 Å². The van der Waals surface area contributed by atoms with Crippen molar-refractivity contribution in [2.24, 2.45) is 0 Å². The van der Waals surface area contributed by atoms with Gasteiger partial charge in [-0.25, -0.2) is 0 Å². The van der Waals surface area contributed by atoms with Crippen LogP contribution in [0.2, 0.25) is 0 Å². The summed E-state index contributed by atoms with van der Waals surface area (Å²) >= 11 is 0. The Kier molecular flexibility index (Phi) is 9.12. The highest BCUT2D eigenvalue weighted by molar-refractivity contribution is 5.80. The van der Waals surface area contributed by atoms with Crippen molar-refractivity contribution in [3.8, 4) is 5.75 Å². The van der Waals surface area contributed by atoms with Gasteiger partial charge in [0.2, 0.25) is 5.91 Å². The van der Waals surface area contributed by atoms with Crippen LogP contribution in [0.1, 0.15) is 44.6 Å². The maximum Gasteiger partial charge on any atom is 0.239 e. The number of amides is 1. The van der Waals surface area contributed by atoms with Gasteiger partial charge in [-0.2, -0.15) is 0 Å². The molecule has 0 aliphatic carbocycles. The molecule has 0 aromatic heterocycles. The molecule has 0 atom stereocenters. The minimum atomic E-state index is 0.0242. The summed E-state index contributed by atoms with van der Waals surface area (Å²) in [5, 5.41) is 6.11. The number of hydrogen-bond acceptors (Lipinski definition) is 3. The summed E-state index contributed by atoms with van der Waals surface area (Å²) in [4.78, 5) is 11.9. The van der Waals surface area contributed by atoms with E-state index in [4.69, 9.17) is 4.74 Å². The third kappa shape index (κ3) is 8.06. The largest absolute Gasteiger partial charge is 0.489 e. The molecule has 4 heteroatoms. The first kappa shape index (κ1) is 19.8. The summed E-state index contributed by atoms with van der Waals surface area (Å²) in [5.41, 5.74) is 2.01. The van der Waals surface area contributed by atoms with Crippen molar-refractivity contribution in [3.63, 3.8) is 0 Å². The van der Waals surface area contributed by atoms with Gasteiger partial charge >= 0.3 is 0 Å². The van der Waals surface area contributed by atoms with Crippen LogP contribution >= 0.6 is 0 Å². The lowest BCUT2D eigenvalue weighted by molar-refractivity contribution is -0.119. The van der Waals surface area contributed by atoms with Gasteiger partial charge in [-0.3, -0.25) is 4.79 Å². The Morgan fingerprint density at radius 1 is 0.962 bits per heavy atom. The first-order chi connectivity index (χ1) is 12.8. The SMILES string of the molecule is CCCCCCCNC(=O)CNc1cccc(OCc2ccccc2)c1. The van der Waals surface area contributed by atoms with Crippen LogP contribution in [-0.2, 0) is 11.4 Å². The second kappa shape index (κ2) is 12.0. The van der Waals surface area contributed by atoms with E-state index in [0.717, 1.165) is 30.0 Å². The fourth-order valence-corrected chi connectivity index (χ4v) is 2.64. The van der Waals surface area contributed by atoms with Crippen LogP contribution in [0.15, 0.2) is 54.6 Å². The van der Waals surface area contributed by atoms with Crippen molar-refractivity contribution in [3.05, 3.63) is 60.2 Å². The number of ether oxygens (including phenoxy) is 1. The molecule has 0 unspecified atom stereocenters. The lowest BCUT2D eigenvalue weighted by Crippen LogP contribution is -2.30. The number of unbranched alkanes of at least 4 members (excludes halogenated alkanes) is 4. The highest BCUT2D eigenvalue weighted by Gasteiger charge is 2.02. The second-order valence-corrected chi connectivity index (χ2v) is 6.42. The highest BCUT2D eigenvalue weighted by atomic mass is 16.5. The van der Waals surface area contributed by atoms with E-state index in [1.807, 2.05) is 54.6 Å². The van der Waals surface area contributed by atoms with E-state index < -0.39 is 0 Å². The second-order valence-electron chi connectivity index (χ2n) is 6.42. The van der Waals surface area contributed by atoms with Crippen molar-refractivity contribution >= 4 is 11.6 Å². The van der Waals surface area contributed by atoms with E-state index in [1.165, 1.54) is 25.7 Å². The van der Waals surface area contributed by atoms with Crippen LogP contribution in [0.5, 0.6) is 5.75 Å². The molecule has 0 radical (unpaired) electrons. The molecule has 0 fully saturated rings. The quantitative estimate of drug-likeness (QED) is 0.540. The maximum atomic E-state index is 11.9. The van der Waals surface area contributed by atoms with Crippen LogP contribution in [0, 0.1) is 0 Å². The number of carbonyl (C=O) groups excluding carboxylic acids is 1. The van der Waals surface area contributed by atoms with Crippen LogP contribution in [0.3, 0.4) is 0 Å². The average Bonchev–Trinajstić information content (AvgIpc) is 2.68. The Hall–Kier alpha value is -2.49. The molecule has 26 heavy (non-hydrogen) atoms. The Morgan fingerprint density at radius 2 is 1.77 bits per heavy atom. The molecule has 140 valence electrons. The monoisotopic (exact) mass is 354 g/mol. The van der Waals surface area contributed by atoms with Gasteiger partial charge in [0, 0.05) is 18.3 Å². The minimum absolute atomic E-state index is 0.0242. The predicted molar refractivity (Wildman–Crippen MR) is 107 cm³/mol. The van der Waals surface area contributed by atoms with Crippen molar-refractivity contribution < 1.29 is 9.53 Å². The summed E-state index contributed by atoms with van der Waals surface area (Å²) in [7, 11) is 0. The maximum absolute atomic E-state index is 11.9.